The molecule has 1 fully saturated rings. The molecule has 0 aliphatic carbocycles. The molecule has 0 amide bonds. The van der Waals surface area contributed by atoms with E-state index < -0.39 is 28.8 Å². The van der Waals surface area contributed by atoms with Crippen LogP contribution in [0.25, 0.3) is 33.4 Å². The molecule has 9 heteroatoms. The number of rotatable bonds is 6. The van der Waals surface area contributed by atoms with Crippen LogP contribution in [0.3, 0.4) is 0 Å². The highest BCUT2D eigenvalue weighted by Gasteiger charge is 2.26. The van der Waals surface area contributed by atoms with Gasteiger partial charge in [-0.15, -0.1) is 0 Å². The Morgan fingerprint density at radius 2 is 1.86 bits per heavy atom. The van der Waals surface area contributed by atoms with Gasteiger partial charge < -0.3 is 14.8 Å². The average Bonchev–Trinajstić information content (AvgIpc) is 2.82. The zero-order valence-corrected chi connectivity index (χ0v) is 20.1. The van der Waals surface area contributed by atoms with Crippen LogP contribution in [0.4, 0.5) is 4.39 Å². The Bertz CT molecular complexity index is 1500. The molecule has 4 aromatic rings. The van der Waals surface area contributed by atoms with Crippen molar-refractivity contribution in [1.82, 2.24) is 14.9 Å². The van der Waals surface area contributed by atoms with Crippen LogP contribution in [0.2, 0.25) is 0 Å². The number of hydrogen-bond donors (Lipinski definition) is 2. The van der Waals surface area contributed by atoms with Gasteiger partial charge in [-0.05, 0) is 54.6 Å². The molecular weight excluding hydrogens is 469 g/mol. The highest BCUT2D eigenvalue weighted by atomic mass is 32.2. The molecule has 1 aromatic heterocycles. The second-order valence-electron chi connectivity index (χ2n) is 8.68. The van der Waals surface area contributed by atoms with Gasteiger partial charge in [0.25, 0.3) is 5.56 Å². The summed E-state index contributed by atoms with van der Waals surface area (Å²) in [4.78, 5) is 22.9. The number of likely N-dealkylation sites (tertiary alicyclic amines) is 1. The number of likely N-dealkylation sites (N-methyl/N-ethyl adjacent to an activating group) is 1. The van der Waals surface area contributed by atoms with E-state index in [1.54, 1.807) is 12.3 Å². The molecule has 0 radical (unpaired) electrons. The number of aromatic amines is 1. The van der Waals surface area contributed by atoms with E-state index in [2.05, 4.69) is 14.9 Å². The molecule has 2 heterocycles. The van der Waals surface area contributed by atoms with Crippen LogP contribution in [-0.2, 0) is 17.4 Å². The lowest BCUT2D eigenvalue weighted by Gasteiger charge is -2.36. The summed E-state index contributed by atoms with van der Waals surface area (Å²) in [5.41, 5.74) is 2.17. The highest BCUT2D eigenvalue weighted by Crippen LogP contribution is 2.35. The van der Waals surface area contributed by atoms with Crippen LogP contribution in [0.1, 0.15) is 5.56 Å². The van der Waals surface area contributed by atoms with Crippen molar-refractivity contribution in [3.63, 3.8) is 0 Å². The average molecular weight is 494 g/mol. The molecule has 7 nitrogen and oxygen atoms in total. The van der Waals surface area contributed by atoms with Crippen LogP contribution >= 0.6 is 0 Å². The Morgan fingerprint density at radius 1 is 1.14 bits per heavy atom. The summed E-state index contributed by atoms with van der Waals surface area (Å²) in [7, 11) is 0.934. The Hall–Kier alpha value is -3.40. The fourth-order valence-electron chi connectivity index (χ4n) is 4.31. The van der Waals surface area contributed by atoms with Gasteiger partial charge >= 0.3 is 0 Å². The normalized spacial score (nSPS) is 15.2. The first-order chi connectivity index (χ1) is 16.8. The van der Waals surface area contributed by atoms with Gasteiger partial charge in [-0.25, -0.2) is 9.37 Å². The summed E-state index contributed by atoms with van der Waals surface area (Å²) in [6, 6.07) is 15.2. The number of fused-ring (bicyclic) bond motifs is 1. The van der Waals surface area contributed by atoms with E-state index in [4.69, 9.17) is 4.74 Å². The molecule has 2 N–H and O–H groups in total. The maximum Gasteiger partial charge on any atom is 0.259 e. The molecular formula is C26H24FN3O4S. The van der Waals surface area contributed by atoms with Gasteiger partial charge in [-0.2, -0.15) is 0 Å². The smallest absolute Gasteiger partial charge is 0.259 e. The highest BCUT2D eigenvalue weighted by molar-refractivity contribution is 7.84. The number of halogens is 1. The van der Waals surface area contributed by atoms with Crippen molar-refractivity contribution in [1.29, 1.82) is 0 Å². The third-order valence-corrected chi connectivity index (χ3v) is 7.04. The number of aromatic nitrogens is 2. The molecule has 180 valence electrons. The minimum Gasteiger partial charge on any atom is -0.487 e. The van der Waals surface area contributed by atoms with Gasteiger partial charge in [0.05, 0.1) is 17.5 Å². The summed E-state index contributed by atoms with van der Waals surface area (Å²) in [6.45, 7) is 1.18. The van der Waals surface area contributed by atoms with Crippen LogP contribution < -0.4 is 10.3 Å². The Kier molecular flexibility index (Phi) is 6.22. The topological polar surface area (TPSA) is 95.5 Å². The second-order valence-corrected chi connectivity index (χ2v) is 10.1. The predicted molar refractivity (Wildman–Crippen MR) is 133 cm³/mol. The molecule has 3 aromatic carbocycles. The maximum atomic E-state index is 14.1. The molecule has 0 saturated carbocycles. The minimum absolute atomic E-state index is 0.0745. The fraction of sp³-hybridized carbons (Fsp3) is 0.231. The van der Waals surface area contributed by atoms with Crippen LogP contribution in [-0.4, -0.2) is 56.7 Å². The Labute approximate surface area is 203 Å². The van der Waals surface area contributed by atoms with Crippen LogP contribution in [0.15, 0.2) is 64.3 Å². The first kappa shape index (κ1) is 23.3. The number of hydrogen-bond acceptors (Lipinski definition) is 6. The number of benzene rings is 3. The van der Waals surface area contributed by atoms with Crippen molar-refractivity contribution in [2.24, 2.45) is 0 Å². The second kappa shape index (κ2) is 9.33. The van der Waals surface area contributed by atoms with Crippen LogP contribution in [0.5, 0.6) is 5.75 Å². The summed E-state index contributed by atoms with van der Waals surface area (Å²) >= 11 is 0. The number of H-pyrrole nitrogens is 1. The number of aliphatic hydroxyl groups excluding tert-OH is 1. The molecule has 1 unspecified atom stereocenters. The molecule has 5 rings (SSSR count). The molecule has 1 aliphatic rings. The molecule has 0 bridgehead atoms. The summed E-state index contributed by atoms with van der Waals surface area (Å²) < 4.78 is 32.1. The van der Waals surface area contributed by atoms with Gasteiger partial charge in [0.15, 0.2) is 0 Å². The Balaban J connectivity index is 1.62. The van der Waals surface area contributed by atoms with E-state index in [1.165, 1.54) is 6.07 Å². The lowest BCUT2D eigenvalue weighted by Crippen LogP contribution is -2.51. The number of nitrogens with zero attached hydrogens (tertiary/aromatic N) is 2. The number of ether oxygens (including phenoxy) is 1. The van der Waals surface area contributed by atoms with Gasteiger partial charge in [0, 0.05) is 52.2 Å². The van der Waals surface area contributed by atoms with Gasteiger partial charge in [-0.1, -0.05) is 12.1 Å². The van der Waals surface area contributed by atoms with E-state index in [9.17, 15) is 18.5 Å². The Morgan fingerprint density at radius 3 is 2.51 bits per heavy atom. The first-order valence-electron chi connectivity index (χ1n) is 11.1. The molecule has 1 atom stereocenters. The summed E-state index contributed by atoms with van der Waals surface area (Å²) in [5, 5.41) is 9.71. The van der Waals surface area contributed by atoms with E-state index in [0.717, 1.165) is 35.2 Å². The molecule has 0 spiro atoms. The quantitative estimate of drug-likeness (QED) is 0.428. The van der Waals surface area contributed by atoms with E-state index in [1.807, 2.05) is 43.4 Å². The lowest BCUT2D eigenvalue weighted by molar-refractivity contribution is 0.0392. The van der Waals surface area contributed by atoms with Crippen molar-refractivity contribution in [2.75, 3.05) is 26.4 Å². The minimum atomic E-state index is -1.09. The predicted octanol–water partition coefficient (Wildman–Crippen LogP) is 3.32. The van der Waals surface area contributed by atoms with Crippen molar-refractivity contribution in [2.45, 2.75) is 17.6 Å². The first-order valence-corrected chi connectivity index (χ1v) is 12.6. The molecule has 1 saturated heterocycles. The number of aliphatic hydroxyl groups is 1. The van der Waals surface area contributed by atoms with Crippen molar-refractivity contribution >= 4 is 21.7 Å². The third kappa shape index (κ3) is 4.62. The summed E-state index contributed by atoms with van der Waals surface area (Å²) in [6.07, 6.45) is 1.70. The SMILES string of the molecule is CN1CC(Oc2ccc(-c3nc4cc(F)cc(CO)c4c(=O)[nH]3)cc2-c2ccc(S(C)=O)cc2)C1. The largest absolute Gasteiger partial charge is 0.487 e. The third-order valence-electron chi connectivity index (χ3n) is 6.10. The number of nitrogens with one attached hydrogen (secondary N) is 1. The standard InChI is InChI=1S/C26H24FN3O4S/c1-30-12-19(13-30)34-23-8-5-16(10-21(23)15-3-6-20(7-4-15)35(2)33)25-28-22-11-18(27)9-17(14-31)24(22)26(32)29-25/h3-11,19,31H,12-14H2,1-2H3,(H,28,29,32). The van der Waals surface area contributed by atoms with Crippen molar-refractivity contribution in [3.05, 3.63) is 76.3 Å². The summed E-state index contributed by atoms with van der Waals surface area (Å²) in [5.74, 6) is 0.391. The lowest BCUT2D eigenvalue weighted by atomic mass is 10.0. The van der Waals surface area contributed by atoms with E-state index in [0.29, 0.717) is 11.3 Å². The van der Waals surface area contributed by atoms with Gasteiger partial charge in [-0.3, -0.25) is 13.9 Å². The zero-order chi connectivity index (χ0) is 24.7. The van der Waals surface area contributed by atoms with Gasteiger partial charge in [0.2, 0.25) is 0 Å². The van der Waals surface area contributed by atoms with Crippen molar-refractivity contribution < 1.29 is 18.4 Å². The van der Waals surface area contributed by atoms with E-state index in [-0.39, 0.29) is 28.4 Å². The van der Waals surface area contributed by atoms with Crippen LogP contribution in [0, 0.1) is 5.82 Å². The molecule has 35 heavy (non-hydrogen) atoms. The monoisotopic (exact) mass is 493 g/mol. The molecule has 1 aliphatic heterocycles. The maximum absolute atomic E-state index is 14.1. The van der Waals surface area contributed by atoms with Gasteiger partial charge in [0.1, 0.15) is 23.5 Å². The fourth-order valence-corrected chi connectivity index (χ4v) is 4.82. The van der Waals surface area contributed by atoms with Crippen molar-refractivity contribution in [3.8, 4) is 28.3 Å². The zero-order valence-electron chi connectivity index (χ0n) is 19.2. The van der Waals surface area contributed by atoms with E-state index >= 15 is 0 Å².